The fraction of sp³-hybridized carbons (Fsp3) is 0.519. The maximum Gasteiger partial charge on any atom is 0.150 e. The Morgan fingerprint density at radius 1 is 0.967 bits per heavy atom. The molecule has 1 saturated heterocycles. The highest BCUT2D eigenvalue weighted by Gasteiger charge is 2.27. The first kappa shape index (κ1) is 21.1. The van der Waals surface area contributed by atoms with Crippen LogP contribution in [-0.4, -0.2) is 32.5 Å². The number of benzene rings is 2. The van der Waals surface area contributed by atoms with Crippen molar-refractivity contribution in [2.45, 2.75) is 64.8 Å². The molecule has 1 atom stereocenters. The van der Waals surface area contributed by atoms with E-state index in [0.29, 0.717) is 6.04 Å². The van der Waals surface area contributed by atoms with Gasteiger partial charge in [0.25, 0.3) is 0 Å². The molecule has 0 aromatic heterocycles. The summed E-state index contributed by atoms with van der Waals surface area (Å²) in [5.41, 5.74) is 7.41. The number of hydrogen-bond acceptors (Lipinski definition) is 2. The van der Waals surface area contributed by atoms with Crippen LogP contribution in [0.2, 0.25) is 0 Å². The molecule has 3 heteroatoms. The molecule has 2 aliphatic rings. The molecule has 3 nitrogen and oxygen atoms in total. The smallest absolute Gasteiger partial charge is 0.150 e. The van der Waals surface area contributed by atoms with Crippen molar-refractivity contribution < 1.29 is 9.69 Å². The van der Waals surface area contributed by atoms with Crippen LogP contribution in [0.15, 0.2) is 36.4 Å². The van der Waals surface area contributed by atoms with Crippen molar-refractivity contribution in [2.75, 3.05) is 31.1 Å². The number of piperazine rings is 1. The second kappa shape index (κ2) is 9.34. The largest absolute Gasteiger partial charge is 0.360 e. The summed E-state index contributed by atoms with van der Waals surface area (Å²) in [5, 5.41) is 0. The highest BCUT2D eigenvalue weighted by molar-refractivity contribution is 5.79. The third-order valence-electron chi connectivity index (χ3n) is 7.58. The summed E-state index contributed by atoms with van der Waals surface area (Å²) in [7, 11) is 0. The van der Waals surface area contributed by atoms with Crippen LogP contribution < -0.4 is 9.80 Å². The molecule has 0 bridgehead atoms. The summed E-state index contributed by atoms with van der Waals surface area (Å²) in [5.74, 6) is 0.788. The van der Waals surface area contributed by atoms with Gasteiger partial charge in [0, 0.05) is 16.8 Å². The average molecular weight is 406 g/mol. The first-order chi connectivity index (χ1) is 14.6. The summed E-state index contributed by atoms with van der Waals surface area (Å²) in [6, 6.07) is 14.3. The molecule has 4 rings (SSSR count). The van der Waals surface area contributed by atoms with Crippen LogP contribution in [0.1, 0.15) is 83.6 Å². The Morgan fingerprint density at radius 2 is 1.63 bits per heavy atom. The van der Waals surface area contributed by atoms with Gasteiger partial charge in [0.15, 0.2) is 0 Å². The molecule has 0 unspecified atom stereocenters. The lowest BCUT2D eigenvalue weighted by Gasteiger charge is -2.37. The van der Waals surface area contributed by atoms with Crippen LogP contribution in [0.5, 0.6) is 0 Å². The molecule has 1 aliphatic carbocycles. The van der Waals surface area contributed by atoms with E-state index in [1.807, 2.05) is 13.0 Å². The Kier molecular flexibility index (Phi) is 6.58. The second-order valence-electron chi connectivity index (χ2n) is 9.48. The SMILES string of the molecule is Cc1cc(N2CC[NH+]([C@H](C)c3ccc(C4CCCCC4)cc3)CC2)c(C)cc1C=O. The third kappa shape index (κ3) is 4.46. The van der Waals surface area contributed by atoms with Crippen LogP contribution in [0.3, 0.4) is 0 Å². The van der Waals surface area contributed by atoms with Gasteiger partial charge in [-0.15, -0.1) is 0 Å². The number of aryl methyl sites for hydroxylation is 2. The maximum atomic E-state index is 11.2. The Balaban J connectivity index is 1.38. The van der Waals surface area contributed by atoms with Crippen molar-refractivity contribution in [3.8, 4) is 0 Å². The van der Waals surface area contributed by atoms with Crippen molar-refractivity contribution >= 4 is 12.0 Å². The quantitative estimate of drug-likeness (QED) is 0.734. The van der Waals surface area contributed by atoms with E-state index < -0.39 is 0 Å². The van der Waals surface area contributed by atoms with Crippen LogP contribution in [0.4, 0.5) is 5.69 Å². The number of hydrogen-bond donors (Lipinski definition) is 1. The monoisotopic (exact) mass is 405 g/mol. The van der Waals surface area contributed by atoms with Gasteiger partial charge in [0.2, 0.25) is 0 Å². The number of quaternary nitrogens is 1. The van der Waals surface area contributed by atoms with E-state index in [4.69, 9.17) is 0 Å². The fourth-order valence-corrected chi connectivity index (χ4v) is 5.49. The number of nitrogens with one attached hydrogen (secondary N) is 1. The summed E-state index contributed by atoms with van der Waals surface area (Å²) < 4.78 is 0. The Hall–Kier alpha value is -2.13. The molecule has 0 amide bonds. The molecule has 30 heavy (non-hydrogen) atoms. The number of carbonyl (C=O) groups is 1. The standard InChI is InChI=1S/C27H36N2O/c1-20-18-27(21(2)17-26(20)19-30)29-15-13-28(14-16-29)22(3)23-9-11-25(12-10-23)24-7-5-4-6-8-24/h9-12,17-19,22,24H,4-8,13-16H2,1-3H3/p+1/t22-/m1/s1. The van der Waals surface area contributed by atoms with Crippen molar-refractivity contribution in [1.29, 1.82) is 0 Å². The van der Waals surface area contributed by atoms with Gasteiger partial charge in [-0.25, -0.2) is 0 Å². The summed E-state index contributed by atoms with van der Waals surface area (Å²) >= 11 is 0. The molecule has 1 aliphatic heterocycles. The van der Waals surface area contributed by atoms with Gasteiger partial charge < -0.3 is 9.80 Å². The minimum absolute atomic E-state index is 0.535. The van der Waals surface area contributed by atoms with Gasteiger partial charge in [-0.2, -0.15) is 0 Å². The molecule has 1 saturated carbocycles. The third-order valence-corrected chi connectivity index (χ3v) is 7.58. The minimum Gasteiger partial charge on any atom is -0.360 e. The van der Waals surface area contributed by atoms with Gasteiger partial charge >= 0.3 is 0 Å². The van der Waals surface area contributed by atoms with Crippen molar-refractivity contribution in [1.82, 2.24) is 0 Å². The van der Waals surface area contributed by atoms with Crippen LogP contribution in [-0.2, 0) is 0 Å². The van der Waals surface area contributed by atoms with E-state index >= 15 is 0 Å². The van der Waals surface area contributed by atoms with Crippen LogP contribution in [0.25, 0.3) is 0 Å². The number of rotatable bonds is 5. The Labute approximate surface area is 182 Å². The zero-order valence-corrected chi connectivity index (χ0v) is 18.9. The lowest BCUT2D eigenvalue weighted by molar-refractivity contribution is -0.930. The second-order valence-corrected chi connectivity index (χ2v) is 9.48. The van der Waals surface area contributed by atoms with Gasteiger partial charge in [-0.3, -0.25) is 4.79 Å². The molecule has 1 heterocycles. The van der Waals surface area contributed by atoms with E-state index in [1.165, 1.54) is 48.9 Å². The number of nitrogens with zero attached hydrogens (tertiary/aromatic N) is 1. The van der Waals surface area contributed by atoms with E-state index in [1.54, 1.807) is 10.5 Å². The minimum atomic E-state index is 0.535. The molecule has 2 fully saturated rings. The topological polar surface area (TPSA) is 24.8 Å². The highest BCUT2D eigenvalue weighted by Crippen LogP contribution is 2.33. The molecule has 160 valence electrons. The van der Waals surface area contributed by atoms with Gasteiger partial charge in [0.1, 0.15) is 12.3 Å². The molecule has 0 spiro atoms. The zero-order chi connectivity index (χ0) is 21.1. The van der Waals surface area contributed by atoms with Crippen molar-refractivity contribution in [3.63, 3.8) is 0 Å². The highest BCUT2D eigenvalue weighted by atomic mass is 16.1. The summed E-state index contributed by atoms with van der Waals surface area (Å²) in [6.45, 7) is 11.0. The first-order valence-corrected chi connectivity index (χ1v) is 11.8. The molecule has 2 aromatic carbocycles. The lowest BCUT2D eigenvalue weighted by Crippen LogP contribution is -3.14. The van der Waals surface area contributed by atoms with Gasteiger partial charge in [-0.05, 0) is 68.4 Å². The molecular formula is C27H37N2O+. The predicted molar refractivity (Wildman–Crippen MR) is 125 cm³/mol. The normalized spacial score (nSPS) is 19.6. The lowest BCUT2D eigenvalue weighted by atomic mass is 9.83. The summed E-state index contributed by atoms with van der Waals surface area (Å²) in [4.78, 5) is 15.4. The first-order valence-electron chi connectivity index (χ1n) is 11.8. The van der Waals surface area contributed by atoms with E-state index in [0.717, 1.165) is 49.5 Å². The summed E-state index contributed by atoms with van der Waals surface area (Å²) in [6.07, 6.45) is 7.92. The predicted octanol–water partition coefficient (Wildman–Crippen LogP) is 4.63. The van der Waals surface area contributed by atoms with E-state index in [-0.39, 0.29) is 0 Å². The van der Waals surface area contributed by atoms with Crippen molar-refractivity contribution in [2.24, 2.45) is 0 Å². The number of anilines is 1. The van der Waals surface area contributed by atoms with Crippen LogP contribution in [0, 0.1) is 13.8 Å². The molecule has 1 N–H and O–H groups in total. The van der Waals surface area contributed by atoms with Gasteiger partial charge in [0.05, 0.1) is 26.2 Å². The number of carbonyl (C=O) groups excluding carboxylic acids is 1. The van der Waals surface area contributed by atoms with Gasteiger partial charge in [-0.1, -0.05) is 43.5 Å². The molecule has 2 aromatic rings. The average Bonchev–Trinajstić information content (AvgIpc) is 2.80. The van der Waals surface area contributed by atoms with E-state index in [2.05, 4.69) is 49.1 Å². The molecular weight excluding hydrogens is 368 g/mol. The molecule has 0 radical (unpaired) electrons. The van der Waals surface area contributed by atoms with Crippen LogP contribution >= 0.6 is 0 Å². The number of aldehydes is 1. The maximum absolute atomic E-state index is 11.2. The van der Waals surface area contributed by atoms with Crippen molar-refractivity contribution in [3.05, 3.63) is 64.2 Å². The van der Waals surface area contributed by atoms with E-state index in [9.17, 15) is 4.79 Å². The zero-order valence-electron chi connectivity index (χ0n) is 18.9. The fourth-order valence-electron chi connectivity index (χ4n) is 5.49. The Morgan fingerprint density at radius 3 is 2.27 bits per heavy atom. The Bertz CT molecular complexity index is 859.